The summed E-state index contributed by atoms with van der Waals surface area (Å²) in [7, 11) is 1.77. The van der Waals surface area contributed by atoms with Crippen LogP contribution in [-0.4, -0.2) is 27.2 Å². The lowest BCUT2D eigenvalue weighted by atomic mass is 10.2. The summed E-state index contributed by atoms with van der Waals surface area (Å²) < 4.78 is 1.60. The molecule has 0 saturated heterocycles. The number of aromatic nitrogens is 3. The molecule has 0 spiro atoms. The summed E-state index contributed by atoms with van der Waals surface area (Å²) in [6.45, 7) is 4.62. The van der Waals surface area contributed by atoms with Crippen LogP contribution < -0.4 is 10.6 Å². The fraction of sp³-hybridized carbons (Fsp3) is 0.308. The van der Waals surface area contributed by atoms with Gasteiger partial charge in [-0.05, 0) is 19.9 Å². The molecule has 2 aromatic heterocycles. The van der Waals surface area contributed by atoms with Crippen LogP contribution in [0.2, 0.25) is 0 Å². The Bertz CT molecular complexity index is 590. The number of pyridine rings is 1. The van der Waals surface area contributed by atoms with Crippen LogP contribution in [0, 0.1) is 6.92 Å². The Balaban J connectivity index is 2.26. The van der Waals surface area contributed by atoms with Gasteiger partial charge in [-0.3, -0.25) is 14.5 Å². The van der Waals surface area contributed by atoms with Gasteiger partial charge in [0.25, 0.3) is 5.91 Å². The second-order valence-corrected chi connectivity index (χ2v) is 4.20. The summed E-state index contributed by atoms with van der Waals surface area (Å²) in [5, 5.41) is 9.98. The van der Waals surface area contributed by atoms with Gasteiger partial charge in [-0.1, -0.05) is 0 Å². The topological polar surface area (TPSA) is 71.8 Å². The van der Waals surface area contributed by atoms with Crippen LogP contribution in [0.1, 0.15) is 23.0 Å². The van der Waals surface area contributed by atoms with E-state index in [9.17, 15) is 4.79 Å². The molecule has 0 aliphatic rings. The fourth-order valence-electron chi connectivity index (χ4n) is 1.76. The summed E-state index contributed by atoms with van der Waals surface area (Å²) in [6, 6.07) is 3.61. The van der Waals surface area contributed by atoms with Crippen LogP contribution in [0.4, 0.5) is 11.5 Å². The van der Waals surface area contributed by atoms with Crippen molar-refractivity contribution in [3.05, 3.63) is 35.8 Å². The van der Waals surface area contributed by atoms with E-state index in [1.54, 1.807) is 30.2 Å². The highest BCUT2D eigenvalue weighted by Crippen LogP contribution is 2.17. The zero-order chi connectivity index (χ0) is 13.8. The van der Waals surface area contributed by atoms with E-state index in [0.29, 0.717) is 11.4 Å². The van der Waals surface area contributed by atoms with Gasteiger partial charge in [0.2, 0.25) is 0 Å². The van der Waals surface area contributed by atoms with Crippen molar-refractivity contribution in [1.82, 2.24) is 14.8 Å². The van der Waals surface area contributed by atoms with Crippen molar-refractivity contribution in [3.8, 4) is 0 Å². The molecule has 0 radical (unpaired) electrons. The zero-order valence-corrected chi connectivity index (χ0v) is 11.3. The maximum absolute atomic E-state index is 12.2. The molecule has 2 N–H and O–H groups in total. The predicted molar refractivity (Wildman–Crippen MR) is 74.3 cm³/mol. The minimum absolute atomic E-state index is 0.202. The van der Waals surface area contributed by atoms with Crippen molar-refractivity contribution in [2.24, 2.45) is 7.05 Å². The number of hydrogen-bond acceptors (Lipinski definition) is 4. The SMILES string of the molecule is CCNc1cc(C)ncc1C(=O)Nc1ccnn1C. The van der Waals surface area contributed by atoms with Crippen LogP contribution in [0.15, 0.2) is 24.5 Å². The minimum Gasteiger partial charge on any atom is -0.385 e. The van der Waals surface area contributed by atoms with E-state index >= 15 is 0 Å². The van der Waals surface area contributed by atoms with Crippen molar-refractivity contribution < 1.29 is 4.79 Å². The smallest absolute Gasteiger partial charge is 0.260 e. The first-order valence-corrected chi connectivity index (χ1v) is 6.11. The van der Waals surface area contributed by atoms with E-state index in [-0.39, 0.29) is 5.91 Å². The predicted octanol–water partition coefficient (Wildman–Crippen LogP) is 1.81. The van der Waals surface area contributed by atoms with Crippen LogP contribution >= 0.6 is 0 Å². The lowest BCUT2D eigenvalue weighted by molar-refractivity contribution is 0.102. The lowest BCUT2D eigenvalue weighted by Crippen LogP contribution is -2.17. The quantitative estimate of drug-likeness (QED) is 0.878. The monoisotopic (exact) mass is 259 g/mol. The van der Waals surface area contributed by atoms with E-state index in [0.717, 1.165) is 17.9 Å². The highest BCUT2D eigenvalue weighted by molar-refractivity contribution is 6.07. The fourth-order valence-corrected chi connectivity index (χ4v) is 1.76. The largest absolute Gasteiger partial charge is 0.385 e. The number of aryl methyl sites for hydroxylation is 2. The molecule has 6 nitrogen and oxygen atoms in total. The number of anilines is 2. The molecule has 0 saturated carbocycles. The number of carbonyl (C=O) groups is 1. The maximum Gasteiger partial charge on any atom is 0.260 e. The van der Waals surface area contributed by atoms with E-state index in [2.05, 4.69) is 20.7 Å². The van der Waals surface area contributed by atoms with Gasteiger partial charge in [-0.15, -0.1) is 0 Å². The normalized spacial score (nSPS) is 10.3. The molecule has 19 heavy (non-hydrogen) atoms. The number of rotatable bonds is 4. The van der Waals surface area contributed by atoms with E-state index in [1.807, 2.05) is 19.9 Å². The number of amides is 1. The summed E-state index contributed by atoms with van der Waals surface area (Å²) in [4.78, 5) is 16.4. The van der Waals surface area contributed by atoms with Crippen molar-refractivity contribution >= 4 is 17.4 Å². The molecule has 100 valence electrons. The Morgan fingerprint density at radius 2 is 2.26 bits per heavy atom. The van der Waals surface area contributed by atoms with E-state index in [4.69, 9.17) is 0 Å². The van der Waals surface area contributed by atoms with Crippen LogP contribution in [0.3, 0.4) is 0 Å². The van der Waals surface area contributed by atoms with Crippen molar-refractivity contribution in [1.29, 1.82) is 0 Å². The third kappa shape index (κ3) is 2.90. The van der Waals surface area contributed by atoms with Crippen LogP contribution in [-0.2, 0) is 7.05 Å². The van der Waals surface area contributed by atoms with Gasteiger partial charge in [-0.2, -0.15) is 5.10 Å². The first-order chi connectivity index (χ1) is 9.11. The first-order valence-electron chi connectivity index (χ1n) is 6.11. The highest BCUT2D eigenvalue weighted by Gasteiger charge is 2.13. The molecule has 2 rings (SSSR count). The Morgan fingerprint density at radius 1 is 1.47 bits per heavy atom. The molecule has 0 fully saturated rings. The van der Waals surface area contributed by atoms with Gasteiger partial charge in [-0.25, -0.2) is 0 Å². The summed E-state index contributed by atoms with van der Waals surface area (Å²) in [5.74, 6) is 0.445. The molecule has 1 amide bonds. The molecule has 0 aliphatic carbocycles. The van der Waals surface area contributed by atoms with Crippen LogP contribution in [0.25, 0.3) is 0 Å². The van der Waals surface area contributed by atoms with Gasteiger partial charge >= 0.3 is 0 Å². The molecule has 0 atom stereocenters. The molecule has 2 heterocycles. The zero-order valence-electron chi connectivity index (χ0n) is 11.3. The lowest BCUT2D eigenvalue weighted by Gasteiger charge is -2.11. The molecular weight excluding hydrogens is 242 g/mol. The molecule has 0 bridgehead atoms. The van der Waals surface area contributed by atoms with E-state index in [1.165, 1.54) is 0 Å². The number of carbonyl (C=O) groups excluding carboxylic acids is 1. The Labute approximate surface area is 111 Å². The third-order valence-electron chi connectivity index (χ3n) is 2.72. The van der Waals surface area contributed by atoms with Crippen molar-refractivity contribution in [2.45, 2.75) is 13.8 Å². The van der Waals surface area contributed by atoms with Gasteiger partial charge < -0.3 is 10.6 Å². The molecule has 0 aromatic carbocycles. The average Bonchev–Trinajstić information content (AvgIpc) is 2.75. The standard InChI is InChI=1S/C13H17N5O/c1-4-14-11-7-9(2)15-8-10(11)13(19)17-12-5-6-16-18(12)3/h5-8H,4H2,1-3H3,(H,14,15)(H,17,19). The highest BCUT2D eigenvalue weighted by atomic mass is 16.1. The molecular formula is C13H17N5O. The Kier molecular flexibility index (Phi) is 3.79. The minimum atomic E-state index is -0.202. The average molecular weight is 259 g/mol. The van der Waals surface area contributed by atoms with Gasteiger partial charge in [0.15, 0.2) is 0 Å². The van der Waals surface area contributed by atoms with Gasteiger partial charge in [0, 0.05) is 31.5 Å². The molecule has 2 aromatic rings. The Hall–Kier alpha value is -2.37. The van der Waals surface area contributed by atoms with Gasteiger partial charge in [0.1, 0.15) is 5.82 Å². The summed E-state index contributed by atoms with van der Waals surface area (Å²) in [6.07, 6.45) is 3.22. The second-order valence-electron chi connectivity index (χ2n) is 4.20. The first kappa shape index (κ1) is 13.1. The van der Waals surface area contributed by atoms with Crippen molar-refractivity contribution in [3.63, 3.8) is 0 Å². The molecule has 6 heteroatoms. The van der Waals surface area contributed by atoms with Crippen LogP contribution in [0.5, 0.6) is 0 Å². The van der Waals surface area contributed by atoms with E-state index < -0.39 is 0 Å². The molecule has 0 unspecified atom stereocenters. The Morgan fingerprint density at radius 3 is 2.89 bits per heavy atom. The number of nitrogens with one attached hydrogen (secondary N) is 2. The number of nitrogens with zero attached hydrogens (tertiary/aromatic N) is 3. The van der Waals surface area contributed by atoms with Gasteiger partial charge in [0.05, 0.1) is 17.4 Å². The second kappa shape index (κ2) is 5.51. The van der Waals surface area contributed by atoms with Crippen molar-refractivity contribution in [2.75, 3.05) is 17.2 Å². The summed E-state index contributed by atoms with van der Waals surface area (Å²) in [5.41, 5.74) is 2.18. The molecule has 0 aliphatic heterocycles. The summed E-state index contributed by atoms with van der Waals surface area (Å²) >= 11 is 0. The third-order valence-corrected chi connectivity index (χ3v) is 2.72. The maximum atomic E-state index is 12.2. The number of hydrogen-bond donors (Lipinski definition) is 2.